The third kappa shape index (κ3) is 2.48. The van der Waals surface area contributed by atoms with Crippen LogP contribution < -0.4 is 5.32 Å². The fourth-order valence-electron chi connectivity index (χ4n) is 2.16. The lowest BCUT2D eigenvalue weighted by atomic mass is 10.1. The van der Waals surface area contributed by atoms with Crippen molar-refractivity contribution in [2.45, 2.75) is 32.7 Å². The van der Waals surface area contributed by atoms with Gasteiger partial charge in [-0.05, 0) is 44.2 Å². The molecule has 17 heavy (non-hydrogen) atoms. The second-order valence-electron chi connectivity index (χ2n) is 4.44. The van der Waals surface area contributed by atoms with Gasteiger partial charge in [-0.25, -0.2) is 0 Å². The molecule has 0 saturated carbocycles. The van der Waals surface area contributed by atoms with Gasteiger partial charge < -0.3 is 9.73 Å². The number of nitrogens with one attached hydrogen (secondary N) is 1. The average Bonchev–Trinajstić information content (AvgIpc) is 2.69. The van der Waals surface area contributed by atoms with E-state index >= 15 is 0 Å². The van der Waals surface area contributed by atoms with Crippen molar-refractivity contribution in [3.63, 3.8) is 0 Å². The molecule has 0 aliphatic heterocycles. The highest BCUT2D eigenvalue weighted by Gasteiger charge is 2.15. The first kappa shape index (κ1) is 12.5. The SMILES string of the molecule is CCCC(NC)c1cc2cc(C)cc(Cl)c2o1. The summed E-state index contributed by atoms with van der Waals surface area (Å²) in [5.41, 5.74) is 1.95. The lowest BCUT2D eigenvalue weighted by molar-refractivity contribution is 0.430. The Morgan fingerprint density at radius 3 is 2.76 bits per heavy atom. The van der Waals surface area contributed by atoms with Gasteiger partial charge in [-0.1, -0.05) is 24.9 Å². The van der Waals surface area contributed by atoms with Gasteiger partial charge in [0, 0.05) is 5.39 Å². The van der Waals surface area contributed by atoms with Crippen molar-refractivity contribution in [3.05, 3.63) is 34.5 Å². The van der Waals surface area contributed by atoms with Gasteiger partial charge in [0.05, 0.1) is 11.1 Å². The maximum Gasteiger partial charge on any atom is 0.152 e. The Labute approximate surface area is 107 Å². The fourth-order valence-corrected chi connectivity index (χ4v) is 2.48. The number of hydrogen-bond donors (Lipinski definition) is 1. The predicted octanol–water partition coefficient (Wildman–Crippen LogP) is 4.46. The van der Waals surface area contributed by atoms with E-state index in [9.17, 15) is 0 Å². The van der Waals surface area contributed by atoms with E-state index < -0.39 is 0 Å². The van der Waals surface area contributed by atoms with Crippen LogP contribution in [0.2, 0.25) is 5.02 Å². The van der Waals surface area contributed by atoms with Crippen molar-refractivity contribution < 1.29 is 4.42 Å². The largest absolute Gasteiger partial charge is 0.458 e. The molecule has 1 aromatic heterocycles. The van der Waals surface area contributed by atoms with Crippen LogP contribution in [-0.4, -0.2) is 7.05 Å². The summed E-state index contributed by atoms with van der Waals surface area (Å²) in [5.74, 6) is 0.969. The highest BCUT2D eigenvalue weighted by Crippen LogP contribution is 2.31. The van der Waals surface area contributed by atoms with Gasteiger partial charge in [-0.3, -0.25) is 0 Å². The van der Waals surface area contributed by atoms with Gasteiger partial charge in [0.25, 0.3) is 0 Å². The molecule has 1 unspecified atom stereocenters. The summed E-state index contributed by atoms with van der Waals surface area (Å²) < 4.78 is 5.86. The lowest BCUT2D eigenvalue weighted by Crippen LogP contribution is -2.15. The molecular weight excluding hydrogens is 234 g/mol. The standard InChI is InChI=1S/C14H18ClNO/c1-4-5-12(16-3)13-8-10-6-9(2)7-11(15)14(10)17-13/h6-8,12,16H,4-5H2,1-3H3. The van der Waals surface area contributed by atoms with E-state index in [1.807, 2.05) is 20.0 Å². The molecule has 1 aromatic carbocycles. The number of rotatable bonds is 4. The van der Waals surface area contributed by atoms with E-state index in [2.05, 4.69) is 24.4 Å². The molecule has 1 N–H and O–H groups in total. The Bertz CT molecular complexity index is 518. The molecule has 0 saturated heterocycles. The van der Waals surface area contributed by atoms with Crippen LogP contribution in [0.25, 0.3) is 11.0 Å². The van der Waals surface area contributed by atoms with Crippen LogP contribution >= 0.6 is 11.6 Å². The van der Waals surface area contributed by atoms with Crippen LogP contribution in [0.15, 0.2) is 22.6 Å². The molecule has 0 amide bonds. The zero-order valence-corrected chi connectivity index (χ0v) is 11.3. The summed E-state index contributed by atoms with van der Waals surface area (Å²) >= 11 is 6.19. The van der Waals surface area contributed by atoms with Gasteiger partial charge in [0.1, 0.15) is 5.76 Å². The molecule has 0 bridgehead atoms. The average molecular weight is 252 g/mol. The third-order valence-corrected chi connectivity index (χ3v) is 3.28. The molecule has 2 rings (SSSR count). The Hall–Kier alpha value is -0.990. The first-order chi connectivity index (χ1) is 8.15. The van der Waals surface area contributed by atoms with E-state index in [0.29, 0.717) is 5.02 Å². The molecular formula is C14H18ClNO. The van der Waals surface area contributed by atoms with Gasteiger partial charge in [0.2, 0.25) is 0 Å². The Kier molecular flexibility index (Phi) is 3.75. The van der Waals surface area contributed by atoms with Crippen LogP contribution in [0, 0.1) is 6.92 Å². The number of benzene rings is 1. The smallest absolute Gasteiger partial charge is 0.152 e. The number of halogens is 1. The van der Waals surface area contributed by atoms with Crippen molar-refractivity contribution in [2.75, 3.05) is 7.05 Å². The van der Waals surface area contributed by atoms with Gasteiger partial charge in [0.15, 0.2) is 5.58 Å². The summed E-state index contributed by atoms with van der Waals surface area (Å²) in [4.78, 5) is 0. The van der Waals surface area contributed by atoms with Crippen molar-refractivity contribution in [3.8, 4) is 0 Å². The van der Waals surface area contributed by atoms with Gasteiger partial charge in [-0.2, -0.15) is 0 Å². The molecule has 0 aliphatic carbocycles. The third-order valence-electron chi connectivity index (χ3n) is 3.00. The zero-order valence-electron chi connectivity index (χ0n) is 10.5. The highest BCUT2D eigenvalue weighted by atomic mass is 35.5. The van der Waals surface area contributed by atoms with Crippen molar-refractivity contribution in [1.82, 2.24) is 5.32 Å². The van der Waals surface area contributed by atoms with Crippen molar-refractivity contribution >= 4 is 22.6 Å². The number of aryl methyl sites for hydroxylation is 1. The van der Waals surface area contributed by atoms with E-state index in [1.54, 1.807) is 0 Å². The first-order valence-electron chi connectivity index (χ1n) is 6.02. The molecule has 0 spiro atoms. The van der Waals surface area contributed by atoms with Crippen LogP contribution in [0.5, 0.6) is 0 Å². The Morgan fingerprint density at radius 2 is 2.12 bits per heavy atom. The second-order valence-corrected chi connectivity index (χ2v) is 4.85. The van der Waals surface area contributed by atoms with E-state index in [4.69, 9.17) is 16.0 Å². The minimum Gasteiger partial charge on any atom is -0.458 e. The Morgan fingerprint density at radius 1 is 1.35 bits per heavy atom. The summed E-state index contributed by atoms with van der Waals surface area (Å²) in [6.07, 6.45) is 2.18. The maximum atomic E-state index is 6.19. The molecule has 92 valence electrons. The Balaban J connectivity index is 2.46. The maximum absolute atomic E-state index is 6.19. The van der Waals surface area contributed by atoms with E-state index in [0.717, 1.165) is 35.1 Å². The van der Waals surface area contributed by atoms with Crippen LogP contribution in [0.3, 0.4) is 0 Å². The second kappa shape index (κ2) is 5.11. The molecule has 0 fully saturated rings. The minimum atomic E-state index is 0.267. The highest BCUT2D eigenvalue weighted by molar-refractivity contribution is 6.34. The first-order valence-corrected chi connectivity index (χ1v) is 6.40. The van der Waals surface area contributed by atoms with Crippen LogP contribution in [0.4, 0.5) is 0 Å². The van der Waals surface area contributed by atoms with Crippen molar-refractivity contribution in [1.29, 1.82) is 0 Å². The van der Waals surface area contributed by atoms with Crippen molar-refractivity contribution in [2.24, 2.45) is 0 Å². The predicted molar refractivity (Wildman–Crippen MR) is 72.7 cm³/mol. The summed E-state index contributed by atoms with van der Waals surface area (Å²) in [6, 6.07) is 6.40. The summed E-state index contributed by atoms with van der Waals surface area (Å²) in [5, 5.41) is 5.05. The topological polar surface area (TPSA) is 25.2 Å². The van der Waals surface area contributed by atoms with E-state index in [-0.39, 0.29) is 6.04 Å². The summed E-state index contributed by atoms with van der Waals surface area (Å²) in [6.45, 7) is 4.21. The van der Waals surface area contributed by atoms with Gasteiger partial charge >= 0.3 is 0 Å². The molecule has 2 nitrogen and oxygen atoms in total. The molecule has 0 radical (unpaired) electrons. The normalized spacial score (nSPS) is 13.2. The fraction of sp³-hybridized carbons (Fsp3) is 0.429. The number of furan rings is 1. The molecule has 3 heteroatoms. The quantitative estimate of drug-likeness (QED) is 0.868. The van der Waals surface area contributed by atoms with Crippen LogP contribution in [-0.2, 0) is 0 Å². The lowest BCUT2D eigenvalue weighted by Gasteiger charge is -2.11. The minimum absolute atomic E-state index is 0.267. The molecule has 1 heterocycles. The number of hydrogen-bond acceptors (Lipinski definition) is 2. The van der Waals surface area contributed by atoms with E-state index in [1.165, 1.54) is 0 Å². The monoisotopic (exact) mass is 251 g/mol. The van der Waals surface area contributed by atoms with Crippen LogP contribution in [0.1, 0.15) is 37.1 Å². The molecule has 2 aromatic rings. The molecule has 1 atom stereocenters. The summed E-state index contributed by atoms with van der Waals surface area (Å²) in [7, 11) is 1.96. The number of fused-ring (bicyclic) bond motifs is 1. The van der Waals surface area contributed by atoms with Gasteiger partial charge in [-0.15, -0.1) is 0 Å². The molecule has 0 aliphatic rings. The zero-order chi connectivity index (χ0) is 12.4.